The van der Waals surface area contributed by atoms with Crippen LogP contribution in [0.4, 0.5) is 8.78 Å². The lowest BCUT2D eigenvalue weighted by atomic mass is 9.88. The average Bonchev–Trinajstić information content (AvgIpc) is 2.94. The molecule has 4 rings (SSSR count). The number of ether oxygens (including phenoxy) is 1. The van der Waals surface area contributed by atoms with Crippen molar-refractivity contribution in [2.75, 3.05) is 0 Å². The first-order valence-electron chi connectivity index (χ1n) is 7.84. The van der Waals surface area contributed by atoms with Gasteiger partial charge in [0.05, 0.1) is 16.2 Å². The monoisotopic (exact) mass is 369 g/mol. The number of benzene rings is 1. The first kappa shape index (κ1) is 16.5. The maximum atomic E-state index is 13.8. The second-order valence-corrected chi connectivity index (χ2v) is 7.19. The van der Waals surface area contributed by atoms with Crippen molar-refractivity contribution >= 4 is 21.6 Å². The molecule has 0 bridgehead atoms. The molecule has 2 N–H and O–H groups in total. The Balaban J connectivity index is 2.03. The molecule has 3 aromatic rings. The predicted octanol–water partition coefficient (Wildman–Crippen LogP) is 4.41. The van der Waals surface area contributed by atoms with E-state index in [2.05, 4.69) is 4.98 Å². The van der Waals surface area contributed by atoms with Crippen molar-refractivity contribution in [3.8, 4) is 11.8 Å². The Morgan fingerprint density at radius 1 is 1.23 bits per heavy atom. The van der Waals surface area contributed by atoms with E-state index in [9.17, 15) is 14.0 Å². The maximum Gasteiger partial charge on any atom is 0.205 e. The van der Waals surface area contributed by atoms with Crippen molar-refractivity contribution in [1.82, 2.24) is 4.98 Å². The van der Waals surface area contributed by atoms with E-state index in [0.29, 0.717) is 16.2 Å². The number of fused-ring (bicyclic) bond motifs is 3. The summed E-state index contributed by atoms with van der Waals surface area (Å²) in [5, 5.41) is 10.4. The highest BCUT2D eigenvalue weighted by molar-refractivity contribution is 7.19. The number of hydrogen-bond acceptors (Lipinski definition) is 5. The SMILES string of the molecule is Cc1cc(C)c2c3c(sc2n1)C(c1ccc(F)c(F)c1)C(C#N)=C(N)O3. The van der Waals surface area contributed by atoms with Gasteiger partial charge < -0.3 is 10.5 Å². The van der Waals surface area contributed by atoms with Crippen molar-refractivity contribution < 1.29 is 13.5 Å². The fourth-order valence-electron chi connectivity index (χ4n) is 3.29. The quantitative estimate of drug-likeness (QED) is 0.690. The number of aryl methyl sites for hydroxylation is 2. The van der Waals surface area contributed by atoms with Crippen molar-refractivity contribution in [3.63, 3.8) is 0 Å². The molecule has 0 saturated carbocycles. The van der Waals surface area contributed by atoms with Crippen LogP contribution in [0, 0.1) is 36.8 Å². The van der Waals surface area contributed by atoms with Gasteiger partial charge in [-0.3, -0.25) is 0 Å². The zero-order valence-electron chi connectivity index (χ0n) is 13.9. The minimum absolute atomic E-state index is 0.0330. The molecular weight excluding hydrogens is 356 g/mol. The van der Waals surface area contributed by atoms with Gasteiger partial charge in [0, 0.05) is 5.69 Å². The van der Waals surface area contributed by atoms with Crippen LogP contribution in [0.25, 0.3) is 10.2 Å². The minimum atomic E-state index is -0.974. The topological polar surface area (TPSA) is 71.9 Å². The number of rotatable bonds is 1. The second kappa shape index (κ2) is 5.78. The van der Waals surface area contributed by atoms with E-state index in [4.69, 9.17) is 10.5 Å². The fraction of sp³-hybridized carbons (Fsp3) is 0.158. The van der Waals surface area contributed by atoms with Crippen LogP contribution in [0.3, 0.4) is 0 Å². The molecule has 0 spiro atoms. The molecular formula is C19H13F2N3OS. The molecule has 0 saturated heterocycles. The average molecular weight is 369 g/mol. The molecule has 4 nitrogen and oxygen atoms in total. The number of pyridine rings is 1. The highest BCUT2D eigenvalue weighted by Gasteiger charge is 2.35. The summed E-state index contributed by atoms with van der Waals surface area (Å²) < 4.78 is 32.9. The molecule has 0 radical (unpaired) electrons. The largest absolute Gasteiger partial charge is 0.439 e. The molecule has 0 amide bonds. The van der Waals surface area contributed by atoms with Crippen LogP contribution in [0.2, 0.25) is 0 Å². The standard InChI is InChI=1S/C19H13F2N3OS/c1-8-5-9(2)24-19-14(8)16-17(26-19)15(11(7-22)18(23)25-16)10-3-4-12(20)13(21)6-10/h3-6,15H,23H2,1-2H3. The van der Waals surface area contributed by atoms with Crippen LogP contribution in [0.15, 0.2) is 35.7 Å². The summed E-state index contributed by atoms with van der Waals surface area (Å²) in [5.41, 5.74) is 8.43. The number of nitriles is 1. The van der Waals surface area contributed by atoms with Gasteiger partial charge in [0.2, 0.25) is 5.88 Å². The summed E-state index contributed by atoms with van der Waals surface area (Å²) in [4.78, 5) is 6.00. The Kier molecular flexibility index (Phi) is 3.67. The van der Waals surface area contributed by atoms with Crippen molar-refractivity contribution in [3.05, 3.63) is 69.1 Å². The van der Waals surface area contributed by atoms with Crippen LogP contribution in [0.5, 0.6) is 5.75 Å². The van der Waals surface area contributed by atoms with E-state index in [-0.39, 0.29) is 11.5 Å². The summed E-state index contributed by atoms with van der Waals surface area (Å²) in [6.07, 6.45) is 0. The Morgan fingerprint density at radius 3 is 2.69 bits per heavy atom. The molecule has 3 heterocycles. The molecule has 0 fully saturated rings. The summed E-state index contributed by atoms with van der Waals surface area (Å²) in [7, 11) is 0. The molecule has 26 heavy (non-hydrogen) atoms. The van der Waals surface area contributed by atoms with Gasteiger partial charge in [-0.05, 0) is 43.2 Å². The summed E-state index contributed by atoms with van der Waals surface area (Å²) in [6, 6.07) is 7.58. The molecule has 2 aromatic heterocycles. The van der Waals surface area contributed by atoms with E-state index in [1.165, 1.54) is 17.4 Å². The number of nitrogens with zero attached hydrogens (tertiary/aromatic N) is 2. The van der Waals surface area contributed by atoms with Crippen molar-refractivity contribution in [2.24, 2.45) is 5.73 Å². The Labute approximate surface area is 152 Å². The number of thiophene rings is 1. The lowest BCUT2D eigenvalue weighted by Gasteiger charge is -2.24. The third kappa shape index (κ3) is 2.34. The zero-order valence-corrected chi connectivity index (χ0v) is 14.7. The van der Waals surface area contributed by atoms with Gasteiger partial charge in [-0.25, -0.2) is 13.8 Å². The normalized spacial score (nSPS) is 16.3. The Bertz CT molecular complexity index is 1140. The molecule has 130 valence electrons. The highest BCUT2D eigenvalue weighted by atomic mass is 32.1. The van der Waals surface area contributed by atoms with Crippen LogP contribution in [-0.4, -0.2) is 4.98 Å². The van der Waals surface area contributed by atoms with Crippen molar-refractivity contribution in [1.29, 1.82) is 5.26 Å². The van der Waals surface area contributed by atoms with Gasteiger partial charge in [0.1, 0.15) is 16.5 Å². The molecule has 1 atom stereocenters. The lowest BCUT2D eigenvalue weighted by Crippen LogP contribution is -2.20. The van der Waals surface area contributed by atoms with Crippen LogP contribution in [0.1, 0.15) is 27.6 Å². The number of allylic oxidation sites excluding steroid dienone is 1. The Morgan fingerprint density at radius 2 is 2.00 bits per heavy atom. The lowest BCUT2D eigenvalue weighted by molar-refractivity contribution is 0.401. The highest BCUT2D eigenvalue weighted by Crippen LogP contribution is 2.50. The first-order valence-corrected chi connectivity index (χ1v) is 8.65. The summed E-state index contributed by atoms with van der Waals surface area (Å²) in [6.45, 7) is 3.84. The number of hydrogen-bond donors (Lipinski definition) is 1. The van der Waals surface area contributed by atoms with E-state index >= 15 is 0 Å². The van der Waals surface area contributed by atoms with Crippen LogP contribution >= 0.6 is 11.3 Å². The number of nitrogens with two attached hydrogens (primary N) is 1. The molecule has 0 aliphatic carbocycles. The van der Waals surface area contributed by atoms with Gasteiger partial charge in [-0.2, -0.15) is 5.26 Å². The maximum absolute atomic E-state index is 13.8. The smallest absolute Gasteiger partial charge is 0.205 e. The van der Waals surface area contributed by atoms with Gasteiger partial charge >= 0.3 is 0 Å². The van der Waals surface area contributed by atoms with Gasteiger partial charge in [0.15, 0.2) is 17.4 Å². The summed E-state index contributed by atoms with van der Waals surface area (Å²) >= 11 is 1.37. The van der Waals surface area contributed by atoms with Gasteiger partial charge in [-0.15, -0.1) is 11.3 Å². The van der Waals surface area contributed by atoms with E-state index < -0.39 is 17.6 Å². The van der Waals surface area contributed by atoms with Crippen LogP contribution < -0.4 is 10.5 Å². The number of halogens is 2. The number of aromatic nitrogens is 1. The molecule has 7 heteroatoms. The van der Waals surface area contributed by atoms with Gasteiger partial charge in [0.25, 0.3) is 0 Å². The van der Waals surface area contributed by atoms with Gasteiger partial charge in [-0.1, -0.05) is 6.07 Å². The van der Waals surface area contributed by atoms with E-state index in [0.717, 1.165) is 33.6 Å². The minimum Gasteiger partial charge on any atom is -0.439 e. The second-order valence-electron chi connectivity index (χ2n) is 6.15. The third-order valence-corrected chi connectivity index (χ3v) is 5.52. The molecule has 1 aliphatic rings. The summed E-state index contributed by atoms with van der Waals surface area (Å²) in [5.74, 6) is -2.05. The third-order valence-electron chi connectivity index (χ3n) is 4.39. The zero-order chi connectivity index (χ0) is 18.6. The Hall–Kier alpha value is -2.98. The molecule has 1 aliphatic heterocycles. The predicted molar refractivity (Wildman–Crippen MR) is 94.7 cm³/mol. The van der Waals surface area contributed by atoms with Crippen LogP contribution in [-0.2, 0) is 0 Å². The van der Waals surface area contributed by atoms with E-state index in [1.807, 2.05) is 26.0 Å². The first-order chi connectivity index (χ1) is 12.4. The molecule has 1 unspecified atom stereocenters. The van der Waals surface area contributed by atoms with Crippen molar-refractivity contribution in [2.45, 2.75) is 19.8 Å². The van der Waals surface area contributed by atoms with E-state index in [1.54, 1.807) is 0 Å². The fourth-order valence-corrected chi connectivity index (χ4v) is 4.65. The molecule has 1 aromatic carbocycles.